The van der Waals surface area contributed by atoms with E-state index >= 15 is 0 Å². The quantitative estimate of drug-likeness (QED) is 0.429. The van der Waals surface area contributed by atoms with E-state index in [-0.39, 0.29) is 23.7 Å². The molecule has 0 atom stereocenters. The van der Waals surface area contributed by atoms with E-state index in [1.165, 1.54) is 31.4 Å². The van der Waals surface area contributed by atoms with Crippen LogP contribution in [-0.4, -0.2) is 25.8 Å². The number of rotatable bonds is 6. The fourth-order valence-electron chi connectivity index (χ4n) is 3.48. The van der Waals surface area contributed by atoms with Crippen molar-refractivity contribution in [3.05, 3.63) is 82.9 Å². The number of carbonyl (C=O) groups is 1. The molecule has 8 heteroatoms. The van der Waals surface area contributed by atoms with E-state index in [2.05, 4.69) is 9.73 Å². The Morgan fingerprint density at radius 1 is 0.970 bits per heavy atom. The molecule has 1 heterocycles. The van der Waals surface area contributed by atoms with Crippen molar-refractivity contribution in [3.63, 3.8) is 0 Å². The number of hydrogen-bond donors (Lipinski definition) is 0. The number of esters is 1. The van der Waals surface area contributed by atoms with Crippen molar-refractivity contribution in [2.45, 2.75) is 19.0 Å². The molecule has 0 amide bonds. The smallest absolute Gasteiger partial charge is 0.420 e. The van der Waals surface area contributed by atoms with Gasteiger partial charge in [-0.3, -0.25) is 9.79 Å². The van der Waals surface area contributed by atoms with Gasteiger partial charge in [-0.15, -0.1) is 0 Å². The van der Waals surface area contributed by atoms with Crippen LogP contribution in [0.5, 0.6) is 23.0 Å². The molecule has 0 fully saturated rings. The maximum Gasteiger partial charge on any atom is 0.420 e. The zero-order valence-electron chi connectivity index (χ0n) is 17.7. The van der Waals surface area contributed by atoms with Gasteiger partial charge in [-0.05, 0) is 53.9 Å². The number of methoxy groups -OCH3 is 1. The van der Waals surface area contributed by atoms with Crippen molar-refractivity contribution in [3.8, 4) is 23.0 Å². The fraction of sp³-hybridized carbons (Fsp3) is 0.200. The van der Waals surface area contributed by atoms with Gasteiger partial charge in [0.15, 0.2) is 0 Å². The van der Waals surface area contributed by atoms with Crippen molar-refractivity contribution in [2.24, 2.45) is 4.99 Å². The number of nitrogens with zero attached hydrogens (tertiary/aromatic N) is 1. The van der Waals surface area contributed by atoms with Gasteiger partial charge in [-0.25, -0.2) is 0 Å². The monoisotopic (exact) mass is 455 g/mol. The number of carbonyl (C=O) groups excluding carboxylic acids is 1. The Bertz CT molecular complexity index is 1200. The van der Waals surface area contributed by atoms with E-state index < -0.39 is 17.7 Å². The van der Waals surface area contributed by atoms with Crippen LogP contribution in [-0.2, 0) is 28.5 Å². The van der Waals surface area contributed by atoms with Gasteiger partial charge in [0.25, 0.3) is 0 Å². The summed E-state index contributed by atoms with van der Waals surface area (Å²) in [5, 5.41) is 0. The lowest BCUT2D eigenvalue weighted by Gasteiger charge is -2.18. The van der Waals surface area contributed by atoms with Gasteiger partial charge in [0.1, 0.15) is 28.6 Å². The lowest BCUT2D eigenvalue weighted by Crippen LogP contribution is -2.08. The third-order valence-corrected chi connectivity index (χ3v) is 5.07. The van der Waals surface area contributed by atoms with Crippen LogP contribution < -0.4 is 9.47 Å². The molecule has 3 aromatic carbocycles. The minimum absolute atomic E-state index is 0.0166. The van der Waals surface area contributed by atoms with Gasteiger partial charge in [0, 0.05) is 18.3 Å². The molecule has 0 N–H and O–H groups in total. The molecule has 4 rings (SSSR count). The molecule has 3 aromatic rings. The highest BCUT2D eigenvalue weighted by molar-refractivity contribution is 5.86. The summed E-state index contributed by atoms with van der Waals surface area (Å²) in [6.45, 7) is 0.668. The minimum atomic E-state index is -4.67. The fourth-order valence-corrected chi connectivity index (χ4v) is 3.48. The predicted molar refractivity (Wildman–Crippen MR) is 116 cm³/mol. The number of fused-ring (bicyclic) bond motifs is 1. The van der Waals surface area contributed by atoms with E-state index in [4.69, 9.17) is 9.47 Å². The van der Waals surface area contributed by atoms with Crippen molar-refractivity contribution in [2.75, 3.05) is 13.7 Å². The van der Waals surface area contributed by atoms with E-state index in [1.807, 2.05) is 6.07 Å². The first-order valence-corrected chi connectivity index (χ1v) is 10.2. The summed E-state index contributed by atoms with van der Waals surface area (Å²) in [7, 11) is 1.26. The summed E-state index contributed by atoms with van der Waals surface area (Å²) in [5.74, 6) is -0.196. The number of aliphatic imine (C=N–C) groups is 1. The summed E-state index contributed by atoms with van der Waals surface area (Å²) in [6, 6.07) is 15.3. The SMILES string of the molecule is COC(=O)Cc1cccc(Oc2ccc(Oc3cccc4c3C=NCC4)cc2C(F)(F)F)c1. The highest BCUT2D eigenvalue weighted by Gasteiger charge is 2.35. The lowest BCUT2D eigenvalue weighted by atomic mass is 10.0. The van der Waals surface area contributed by atoms with Gasteiger partial charge in [0.05, 0.1) is 13.5 Å². The van der Waals surface area contributed by atoms with Crippen molar-refractivity contribution < 1.29 is 32.2 Å². The third-order valence-electron chi connectivity index (χ3n) is 5.07. The van der Waals surface area contributed by atoms with E-state index in [9.17, 15) is 18.0 Å². The normalized spacial score (nSPS) is 12.7. The number of ether oxygens (including phenoxy) is 3. The van der Waals surface area contributed by atoms with E-state index in [0.29, 0.717) is 17.9 Å². The molecule has 5 nitrogen and oxygen atoms in total. The third kappa shape index (κ3) is 5.34. The molecule has 0 aromatic heterocycles. The highest BCUT2D eigenvalue weighted by atomic mass is 19.4. The first-order chi connectivity index (χ1) is 15.8. The van der Waals surface area contributed by atoms with Gasteiger partial charge in [0.2, 0.25) is 0 Å². The summed E-state index contributed by atoms with van der Waals surface area (Å²) in [4.78, 5) is 15.7. The average Bonchev–Trinajstić information content (AvgIpc) is 2.80. The summed E-state index contributed by atoms with van der Waals surface area (Å²) < 4.78 is 57.4. The van der Waals surface area contributed by atoms with Crippen molar-refractivity contribution in [1.29, 1.82) is 0 Å². The van der Waals surface area contributed by atoms with E-state index in [0.717, 1.165) is 23.6 Å². The molecule has 33 heavy (non-hydrogen) atoms. The Kier molecular flexibility index (Phi) is 6.35. The number of hydrogen-bond acceptors (Lipinski definition) is 5. The minimum Gasteiger partial charge on any atom is -0.469 e. The number of halogens is 3. The van der Waals surface area contributed by atoms with Crippen molar-refractivity contribution in [1.82, 2.24) is 0 Å². The Labute approximate surface area is 188 Å². The molecule has 1 aliphatic heterocycles. The Balaban J connectivity index is 1.62. The number of alkyl halides is 3. The molecular formula is C25H20F3NO4. The van der Waals surface area contributed by atoms with Crippen LogP contribution in [0.2, 0.25) is 0 Å². The maximum absolute atomic E-state index is 13.8. The summed E-state index contributed by atoms with van der Waals surface area (Å²) in [5.41, 5.74) is 1.38. The molecule has 1 aliphatic rings. The summed E-state index contributed by atoms with van der Waals surface area (Å²) >= 11 is 0. The molecule has 0 saturated carbocycles. The largest absolute Gasteiger partial charge is 0.469 e. The predicted octanol–water partition coefficient (Wildman–Crippen LogP) is 5.98. The maximum atomic E-state index is 13.8. The molecule has 0 aliphatic carbocycles. The second kappa shape index (κ2) is 9.36. The van der Waals surface area contributed by atoms with Crippen LogP contribution in [0.4, 0.5) is 13.2 Å². The first kappa shape index (κ1) is 22.4. The molecule has 0 radical (unpaired) electrons. The van der Waals surface area contributed by atoms with Crippen LogP contribution in [0.1, 0.15) is 22.3 Å². The highest BCUT2D eigenvalue weighted by Crippen LogP contribution is 2.41. The second-order valence-electron chi connectivity index (χ2n) is 7.37. The zero-order valence-corrected chi connectivity index (χ0v) is 17.7. The molecule has 0 spiro atoms. The second-order valence-corrected chi connectivity index (χ2v) is 7.37. The standard InChI is InChI=1S/C25H20F3NO4/c1-31-24(30)13-16-4-2-6-18(12-16)33-23-9-8-19(14-21(23)25(26,27)28)32-22-7-3-5-17-10-11-29-15-20(17)22/h2-9,12,14-15H,10-11,13H2,1H3. The van der Waals surface area contributed by atoms with Gasteiger partial charge in [-0.1, -0.05) is 24.3 Å². The molecule has 0 bridgehead atoms. The summed E-state index contributed by atoms with van der Waals surface area (Å²) in [6.07, 6.45) is -2.26. The van der Waals surface area contributed by atoms with Crippen LogP contribution >= 0.6 is 0 Å². The zero-order chi connectivity index (χ0) is 23.4. The Morgan fingerprint density at radius 3 is 2.52 bits per heavy atom. The van der Waals surface area contributed by atoms with Crippen LogP contribution in [0.15, 0.2) is 65.7 Å². The van der Waals surface area contributed by atoms with Crippen LogP contribution in [0.3, 0.4) is 0 Å². The van der Waals surface area contributed by atoms with E-state index in [1.54, 1.807) is 30.5 Å². The van der Waals surface area contributed by atoms with Gasteiger partial charge >= 0.3 is 12.1 Å². The average molecular weight is 455 g/mol. The Hall–Kier alpha value is -3.81. The van der Waals surface area contributed by atoms with Crippen LogP contribution in [0, 0.1) is 0 Å². The van der Waals surface area contributed by atoms with Crippen molar-refractivity contribution >= 4 is 12.2 Å². The lowest BCUT2D eigenvalue weighted by molar-refractivity contribution is -0.140. The van der Waals surface area contributed by atoms with Gasteiger partial charge in [-0.2, -0.15) is 13.2 Å². The molecule has 170 valence electrons. The topological polar surface area (TPSA) is 57.1 Å². The molecule has 0 saturated heterocycles. The molecule has 0 unspecified atom stereocenters. The van der Waals surface area contributed by atoms with Crippen LogP contribution in [0.25, 0.3) is 0 Å². The Morgan fingerprint density at radius 2 is 1.73 bits per heavy atom. The van der Waals surface area contributed by atoms with Gasteiger partial charge < -0.3 is 14.2 Å². The first-order valence-electron chi connectivity index (χ1n) is 10.2. The number of benzene rings is 3. The molecular weight excluding hydrogens is 435 g/mol.